The molecule has 2 rings (SSSR count). The minimum atomic E-state index is -1.22. The molecule has 0 amide bonds. The number of hydrogen-bond donors (Lipinski definition) is 0. The van der Waals surface area contributed by atoms with E-state index < -0.39 is 8.07 Å². The summed E-state index contributed by atoms with van der Waals surface area (Å²) in [6.45, 7) is 12.3. The summed E-state index contributed by atoms with van der Waals surface area (Å²) >= 11 is 0. The fourth-order valence-corrected chi connectivity index (χ4v) is 5.18. The Bertz CT molecular complexity index is 302. The predicted molar refractivity (Wildman–Crippen MR) is 66.0 cm³/mol. The molecule has 2 aliphatic carbocycles. The van der Waals surface area contributed by atoms with Crippen molar-refractivity contribution in [2.75, 3.05) is 0 Å². The number of fused-ring (bicyclic) bond motifs is 2. The Morgan fingerprint density at radius 3 is 2.21 bits per heavy atom. The Balaban J connectivity index is 2.29. The number of rotatable bonds is 1. The van der Waals surface area contributed by atoms with E-state index in [9.17, 15) is 0 Å². The number of hydrogen-bond acceptors (Lipinski definition) is 0. The van der Waals surface area contributed by atoms with Crippen LogP contribution in [0.4, 0.5) is 0 Å². The largest absolute Gasteiger partial charge is 0.0816 e. The normalized spacial score (nSPS) is 31.1. The molecule has 2 unspecified atom stereocenters. The first-order valence-electron chi connectivity index (χ1n) is 5.73. The average molecular weight is 206 g/mol. The first-order chi connectivity index (χ1) is 6.32. The molecule has 0 aliphatic heterocycles. The van der Waals surface area contributed by atoms with Crippen molar-refractivity contribution >= 4 is 8.07 Å². The van der Waals surface area contributed by atoms with E-state index in [-0.39, 0.29) is 0 Å². The topological polar surface area (TPSA) is 0 Å². The summed E-state index contributed by atoms with van der Waals surface area (Å²) in [5, 5.41) is 2.31. The lowest BCUT2D eigenvalue weighted by atomic mass is 10.2. The van der Waals surface area contributed by atoms with Gasteiger partial charge in [0.1, 0.15) is 0 Å². The molecular formula is C13H22Si. The third-order valence-electron chi connectivity index (χ3n) is 4.51. The quantitative estimate of drug-likeness (QED) is 0.446. The smallest absolute Gasteiger partial charge is 0.0811 e. The predicted octanol–water partition coefficient (Wildman–Crippen LogP) is 4.17. The van der Waals surface area contributed by atoms with E-state index in [0.29, 0.717) is 5.04 Å². The molecule has 0 saturated carbocycles. The summed E-state index contributed by atoms with van der Waals surface area (Å²) in [5.74, 6) is 1.59. The third-order valence-corrected chi connectivity index (χ3v) is 10.2. The van der Waals surface area contributed by atoms with Crippen molar-refractivity contribution < 1.29 is 0 Å². The molecule has 0 aromatic rings. The molecule has 0 nitrogen and oxygen atoms in total. The molecule has 0 spiro atoms. The molecule has 0 aromatic heterocycles. The van der Waals surface area contributed by atoms with E-state index in [2.05, 4.69) is 52.1 Å². The SMILES string of the molecule is CC(C)(C)[Si](C)(C)C1=CC2C=CC1C2. The van der Waals surface area contributed by atoms with Crippen LogP contribution in [-0.2, 0) is 0 Å². The van der Waals surface area contributed by atoms with E-state index in [1.807, 2.05) is 5.20 Å². The van der Waals surface area contributed by atoms with Crippen molar-refractivity contribution in [1.82, 2.24) is 0 Å². The molecule has 0 fully saturated rings. The van der Waals surface area contributed by atoms with Crippen LogP contribution in [0.5, 0.6) is 0 Å². The van der Waals surface area contributed by atoms with Gasteiger partial charge in [0.25, 0.3) is 0 Å². The first-order valence-corrected chi connectivity index (χ1v) is 8.73. The van der Waals surface area contributed by atoms with E-state index in [0.717, 1.165) is 11.8 Å². The molecule has 1 heteroatoms. The molecule has 2 atom stereocenters. The Morgan fingerprint density at radius 1 is 1.21 bits per heavy atom. The summed E-state index contributed by atoms with van der Waals surface area (Å²) in [6.07, 6.45) is 8.78. The van der Waals surface area contributed by atoms with Crippen LogP contribution in [0.3, 0.4) is 0 Å². The van der Waals surface area contributed by atoms with Gasteiger partial charge in [0.05, 0.1) is 8.07 Å². The lowest BCUT2D eigenvalue weighted by molar-refractivity contribution is 0.695. The highest BCUT2D eigenvalue weighted by molar-refractivity contribution is 6.87. The minimum absolute atomic E-state index is 0.497. The molecule has 0 radical (unpaired) electrons. The van der Waals surface area contributed by atoms with Crippen LogP contribution in [0.25, 0.3) is 0 Å². The summed E-state index contributed by atoms with van der Waals surface area (Å²) in [4.78, 5) is 0. The second-order valence-corrected chi connectivity index (χ2v) is 11.7. The Hall–Kier alpha value is -0.303. The monoisotopic (exact) mass is 206 g/mol. The lowest BCUT2D eigenvalue weighted by Crippen LogP contribution is -2.41. The summed E-state index contributed by atoms with van der Waals surface area (Å²) in [5.41, 5.74) is 0. The summed E-state index contributed by atoms with van der Waals surface area (Å²) in [6, 6.07) is 0. The van der Waals surface area contributed by atoms with Gasteiger partial charge in [-0.2, -0.15) is 0 Å². The molecule has 2 bridgehead atoms. The average Bonchev–Trinajstić information content (AvgIpc) is 2.61. The molecular weight excluding hydrogens is 184 g/mol. The van der Waals surface area contributed by atoms with Gasteiger partial charge < -0.3 is 0 Å². The Kier molecular flexibility index (Phi) is 2.08. The molecule has 0 saturated heterocycles. The van der Waals surface area contributed by atoms with Gasteiger partial charge in [0.2, 0.25) is 0 Å². The van der Waals surface area contributed by atoms with Crippen molar-refractivity contribution in [2.45, 2.75) is 45.3 Å². The van der Waals surface area contributed by atoms with Crippen molar-refractivity contribution in [1.29, 1.82) is 0 Å². The van der Waals surface area contributed by atoms with Crippen molar-refractivity contribution in [3.63, 3.8) is 0 Å². The van der Waals surface area contributed by atoms with Crippen molar-refractivity contribution in [3.05, 3.63) is 23.4 Å². The first kappa shape index (κ1) is 10.2. The van der Waals surface area contributed by atoms with Crippen LogP contribution >= 0.6 is 0 Å². The second-order valence-electron chi connectivity index (χ2n) is 6.39. The van der Waals surface area contributed by atoms with Crippen LogP contribution in [0.1, 0.15) is 27.2 Å². The molecule has 0 N–H and O–H groups in total. The highest BCUT2D eigenvalue weighted by Gasteiger charge is 2.44. The third kappa shape index (κ3) is 1.33. The van der Waals surface area contributed by atoms with Gasteiger partial charge in [-0.25, -0.2) is 0 Å². The van der Waals surface area contributed by atoms with Gasteiger partial charge in [-0.05, 0) is 23.3 Å². The molecule has 0 heterocycles. The van der Waals surface area contributed by atoms with Crippen LogP contribution in [-0.4, -0.2) is 8.07 Å². The van der Waals surface area contributed by atoms with Gasteiger partial charge in [0, 0.05) is 0 Å². The maximum Gasteiger partial charge on any atom is 0.0811 e. The fourth-order valence-electron chi connectivity index (χ4n) is 2.54. The molecule has 78 valence electrons. The standard InChI is InChI=1S/C13H22Si/c1-13(2,3)14(4,5)12-9-10-6-7-11(12)8-10/h6-7,9-11H,8H2,1-5H3. The van der Waals surface area contributed by atoms with Crippen molar-refractivity contribution in [2.24, 2.45) is 11.8 Å². The molecule has 0 aromatic carbocycles. The minimum Gasteiger partial charge on any atom is -0.0816 e. The highest BCUT2D eigenvalue weighted by Crippen LogP contribution is 2.49. The fraction of sp³-hybridized carbons (Fsp3) is 0.692. The molecule has 2 aliphatic rings. The van der Waals surface area contributed by atoms with Crippen molar-refractivity contribution in [3.8, 4) is 0 Å². The van der Waals surface area contributed by atoms with Crippen LogP contribution in [0.2, 0.25) is 18.1 Å². The van der Waals surface area contributed by atoms with E-state index in [1.165, 1.54) is 6.42 Å². The van der Waals surface area contributed by atoms with Gasteiger partial charge in [-0.3, -0.25) is 0 Å². The summed E-state index contributed by atoms with van der Waals surface area (Å²) in [7, 11) is -1.22. The summed E-state index contributed by atoms with van der Waals surface area (Å²) < 4.78 is 0. The highest BCUT2D eigenvalue weighted by atomic mass is 28.3. The van der Waals surface area contributed by atoms with Gasteiger partial charge in [-0.15, -0.1) is 0 Å². The zero-order chi connectivity index (χ0) is 10.6. The van der Waals surface area contributed by atoms with E-state index in [1.54, 1.807) is 0 Å². The zero-order valence-corrected chi connectivity index (χ0v) is 11.1. The van der Waals surface area contributed by atoms with E-state index >= 15 is 0 Å². The second kappa shape index (κ2) is 2.85. The van der Waals surface area contributed by atoms with Crippen LogP contribution in [0, 0.1) is 11.8 Å². The maximum absolute atomic E-state index is 2.57. The number of allylic oxidation sites excluding steroid dienone is 4. The van der Waals surface area contributed by atoms with Gasteiger partial charge >= 0.3 is 0 Å². The van der Waals surface area contributed by atoms with Crippen LogP contribution in [0.15, 0.2) is 23.4 Å². The lowest BCUT2D eigenvalue weighted by Gasteiger charge is -2.40. The molecule has 14 heavy (non-hydrogen) atoms. The van der Waals surface area contributed by atoms with Gasteiger partial charge in [-0.1, -0.05) is 57.3 Å². The van der Waals surface area contributed by atoms with Crippen LogP contribution < -0.4 is 0 Å². The van der Waals surface area contributed by atoms with E-state index in [4.69, 9.17) is 0 Å². The van der Waals surface area contributed by atoms with Gasteiger partial charge in [0.15, 0.2) is 0 Å². The Labute approximate surface area is 89.1 Å². The Morgan fingerprint density at radius 2 is 1.86 bits per heavy atom. The maximum atomic E-state index is 2.57. The zero-order valence-electron chi connectivity index (χ0n) is 10.1.